The smallest absolute Gasteiger partial charge is 0.341 e. The van der Waals surface area contributed by atoms with Crippen molar-refractivity contribution in [2.45, 2.75) is 32.7 Å². The lowest BCUT2D eigenvalue weighted by Gasteiger charge is -2.39. The molecular formula is C22H23N7O4S. The van der Waals surface area contributed by atoms with Gasteiger partial charge in [0.15, 0.2) is 10.8 Å². The van der Waals surface area contributed by atoms with Gasteiger partial charge < -0.3 is 20.7 Å². The van der Waals surface area contributed by atoms with Gasteiger partial charge in [-0.25, -0.2) is 14.8 Å². The molecule has 0 radical (unpaired) electrons. The van der Waals surface area contributed by atoms with Gasteiger partial charge in [0.25, 0.3) is 0 Å². The fourth-order valence-electron chi connectivity index (χ4n) is 4.14. The molecule has 0 saturated carbocycles. The molecule has 3 aromatic heterocycles. The van der Waals surface area contributed by atoms with E-state index in [1.165, 1.54) is 22.1 Å². The fraction of sp³-hybridized carbons (Fsp3) is 0.364. The number of hydrogen-bond acceptors (Lipinski definition) is 9. The van der Waals surface area contributed by atoms with E-state index in [1.54, 1.807) is 24.6 Å². The topological polar surface area (TPSA) is 142 Å². The van der Waals surface area contributed by atoms with Crippen LogP contribution in [0.1, 0.15) is 36.2 Å². The van der Waals surface area contributed by atoms with Gasteiger partial charge in [0.1, 0.15) is 17.2 Å². The number of rotatable bonds is 4. The molecule has 176 valence electrons. The van der Waals surface area contributed by atoms with Crippen molar-refractivity contribution in [2.75, 3.05) is 18.0 Å². The lowest BCUT2D eigenvalue weighted by molar-refractivity contribution is -0.124. The molecule has 3 aromatic rings. The van der Waals surface area contributed by atoms with E-state index >= 15 is 0 Å². The number of pyridine rings is 2. The van der Waals surface area contributed by atoms with E-state index in [-0.39, 0.29) is 28.3 Å². The Labute approximate surface area is 198 Å². The first-order valence-electron chi connectivity index (χ1n) is 10.7. The van der Waals surface area contributed by atoms with Crippen LogP contribution in [0, 0.1) is 12.8 Å². The van der Waals surface area contributed by atoms with Crippen LogP contribution in [0.3, 0.4) is 0 Å². The van der Waals surface area contributed by atoms with Gasteiger partial charge in [0.2, 0.25) is 11.3 Å². The summed E-state index contributed by atoms with van der Waals surface area (Å²) in [4.78, 5) is 48.1. The van der Waals surface area contributed by atoms with E-state index in [9.17, 15) is 19.5 Å². The number of aromatic carboxylic acids is 1. The minimum atomic E-state index is -1.30. The van der Waals surface area contributed by atoms with Crippen molar-refractivity contribution in [1.29, 1.82) is 0 Å². The number of hydrazone groups is 1. The highest BCUT2D eigenvalue weighted by molar-refractivity contribution is 7.12. The highest BCUT2D eigenvalue weighted by Crippen LogP contribution is 2.28. The predicted octanol–water partition coefficient (Wildman–Crippen LogP) is 1.49. The Bertz CT molecular complexity index is 1400. The Morgan fingerprint density at radius 3 is 2.71 bits per heavy atom. The second kappa shape index (κ2) is 7.90. The summed E-state index contributed by atoms with van der Waals surface area (Å²) >= 11 is 1.31. The quantitative estimate of drug-likeness (QED) is 0.509. The zero-order valence-electron chi connectivity index (χ0n) is 18.8. The molecule has 1 saturated heterocycles. The SMILES string of the molecule is Cc1cc(N2CC(C(=O)NC3=NNC(C)(C)C3)C2)nc2c1c(=O)c(C(=O)O)cn2-c1nccs1. The third kappa shape index (κ3) is 3.79. The van der Waals surface area contributed by atoms with E-state index in [0.717, 1.165) is 0 Å². The van der Waals surface area contributed by atoms with Crippen molar-refractivity contribution in [3.8, 4) is 5.13 Å². The maximum atomic E-state index is 12.9. The number of carbonyl (C=O) groups excluding carboxylic acids is 1. The maximum absolute atomic E-state index is 12.9. The number of hydrogen-bond donors (Lipinski definition) is 3. The third-order valence-corrected chi connectivity index (χ3v) is 6.72. The van der Waals surface area contributed by atoms with Crippen LogP contribution in [0.2, 0.25) is 0 Å². The summed E-state index contributed by atoms with van der Waals surface area (Å²) in [6, 6.07) is 1.75. The first-order valence-corrected chi connectivity index (χ1v) is 11.6. The van der Waals surface area contributed by atoms with Crippen LogP contribution in [0.4, 0.5) is 5.82 Å². The summed E-state index contributed by atoms with van der Waals surface area (Å²) in [7, 11) is 0. The number of nitrogens with one attached hydrogen (secondary N) is 2. The Kier molecular flexibility index (Phi) is 5.12. The molecule has 11 nitrogen and oxygen atoms in total. The Morgan fingerprint density at radius 1 is 1.32 bits per heavy atom. The summed E-state index contributed by atoms with van der Waals surface area (Å²) in [5.74, 6) is -0.349. The summed E-state index contributed by atoms with van der Waals surface area (Å²) in [5, 5.41) is 19.1. The second-order valence-corrected chi connectivity index (χ2v) is 10.1. The number of fused-ring (bicyclic) bond motifs is 1. The van der Waals surface area contributed by atoms with Crippen LogP contribution >= 0.6 is 11.3 Å². The molecule has 3 N–H and O–H groups in total. The lowest BCUT2D eigenvalue weighted by atomic mass is 9.97. The Balaban J connectivity index is 1.43. The van der Waals surface area contributed by atoms with Crippen LogP contribution in [0.25, 0.3) is 16.2 Å². The van der Waals surface area contributed by atoms with Gasteiger partial charge in [-0.05, 0) is 32.4 Å². The number of carbonyl (C=O) groups is 2. The van der Waals surface area contributed by atoms with E-state index < -0.39 is 11.4 Å². The molecule has 2 aliphatic heterocycles. The minimum absolute atomic E-state index is 0.0854. The first-order chi connectivity index (χ1) is 16.1. The molecule has 34 heavy (non-hydrogen) atoms. The van der Waals surface area contributed by atoms with Gasteiger partial charge in [-0.2, -0.15) is 5.10 Å². The number of amidine groups is 1. The molecule has 12 heteroatoms. The van der Waals surface area contributed by atoms with Gasteiger partial charge in [-0.1, -0.05) is 0 Å². The van der Waals surface area contributed by atoms with Crippen molar-refractivity contribution in [3.05, 3.63) is 45.2 Å². The molecular weight excluding hydrogens is 458 g/mol. The molecule has 1 amide bonds. The molecule has 0 spiro atoms. The normalized spacial score (nSPS) is 17.3. The summed E-state index contributed by atoms with van der Waals surface area (Å²) in [6.45, 7) is 6.73. The number of aromatic nitrogens is 3. The average Bonchev–Trinajstić information content (AvgIpc) is 3.36. The van der Waals surface area contributed by atoms with Crippen LogP contribution in [0.5, 0.6) is 0 Å². The fourth-order valence-corrected chi connectivity index (χ4v) is 4.75. The highest BCUT2D eigenvalue weighted by Gasteiger charge is 2.36. The third-order valence-electron chi connectivity index (χ3n) is 5.94. The van der Waals surface area contributed by atoms with Crippen LogP contribution in [0.15, 0.2) is 33.7 Å². The molecule has 0 unspecified atom stereocenters. The molecule has 0 atom stereocenters. The lowest BCUT2D eigenvalue weighted by Crippen LogP contribution is -2.55. The van der Waals surface area contributed by atoms with Crippen LogP contribution in [-0.2, 0) is 4.79 Å². The van der Waals surface area contributed by atoms with Gasteiger partial charge >= 0.3 is 5.97 Å². The van der Waals surface area contributed by atoms with Gasteiger partial charge in [0.05, 0.1) is 16.8 Å². The number of nitrogens with zero attached hydrogens (tertiary/aromatic N) is 5. The van der Waals surface area contributed by atoms with E-state index in [2.05, 4.69) is 25.8 Å². The van der Waals surface area contributed by atoms with Gasteiger partial charge in [0, 0.05) is 37.3 Å². The van der Waals surface area contributed by atoms with Crippen molar-refractivity contribution < 1.29 is 14.7 Å². The van der Waals surface area contributed by atoms with E-state index in [1.807, 2.05) is 18.7 Å². The number of thiazole rings is 1. The Hall–Kier alpha value is -3.80. The van der Waals surface area contributed by atoms with Crippen molar-refractivity contribution >= 4 is 45.9 Å². The molecule has 0 bridgehead atoms. The number of amides is 1. The summed E-state index contributed by atoms with van der Waals surface area (Å²) in [6.07, 6.45) is 3.52. The molecule has 1 fully saturated rings. The predicted molar refractivity (Wildman–Crippen MR) is 128 cm³/mol. The van der Waals surface area contributed by atoms with Crippen molar-refractivity contribution in [1.82, 2.24) is 25.3 Å². The van der Waals surface area contributed by atoms with Crippen LogP contribution < -0.4 is 21.1 Å². The first kappa shape index (κ1) is 22.0. The van der Waals surface area contributed by atoms with Crippen molar-refractivity contribution in [3.63, 3.8) is 0 Å². The summed E-state index contributed by atoms with van der Waals surface area (Å²) < 4.78 is 1.54. The molecule has 5 rings (SSSR count). The van der Waals surface area contributed by atoms with Gasteiger partial charge in [-0.3, -0.25) is 14.2 Å². The number of aryl methyl sites for hydroxylation is 1. The van der Waals surface area contributed by atoms with Crippen molar-refractivity contribution in [2.24, 2.45) is 11.0 Å². The van der Waals surface area contributed by atoms with E-state index in [4.69, 9.17) is 0 Å². The molecule has 5 heterocycles. The van der Waals surface area contributed by atoms with Gasteiger partial charge in [-0.15, -0.1) is 11.3 Å². The highest BCUT2D eigenvalue weighted by atomic mass is 32.1. The molecule has 2 aliphatic rings. The Morgan fingerprint density at radius 2 is 2.09 bits per heavy atom. The number of carboxylic acid groups (broad SMARTS) is 1. The zero-order valence-corrected chi connectivity index (χ0v) is 19.6. The largest absolute Gasteiger partial charge is 0.477 e. The van der Waals surface area contributed by atoms with E-state index in [0.29, 0.717) is 47.5 Å². The van der Waals surface area contributed by atoms with Crippen LogP contribution in [-0.4, -0.2) is 56.0 Å². The minimum Gasteiger partial charge on any atom is -0.477 e. The number of carboxylic acids is 1. The molecule has 0 aliphatic carbocycles. The monoisotopic (exact) mass is 481 g/mol. The standard InChI is InChI=1S/C22H23N7O4S/c1-11-6-15(28-8-12(9-28)19(31)24-14-7-22(2,3)27-26-14)25-18-16(11)17(30)13(20(32)33)10-29(18)21-23-4-5-34-21/h4-6,10,12,27H,7-9H2,1-3H3,(H,32,33)(H,24,26,31). The zero-order chi connectivity index (χ0) is 24.2. The molecule has 0 aromatic carbocycles. The number of anilines is 1. The average molecular weight is 482 g/mol. The summed E-state index contributed by atoms with van der Waals surface area (Å²) in [5.41, 5.74) is 2.85. The maximum Gasteiger partial charge on any atom is 0.341 e. The second-order valence-electron chi connectivity index (χ2n) is 9.18.